The number of nitrogens with zero attached hydrogens (tertiary/aromatic N) is 7. The van der Waals surface area contributed by atoms with Gasteiger partial charge in [0, 0.05) is 30.6 Å². The molecule has 0 amide bonds. The largest absolute Gasteiger partial charge is 0.367 e. The molecule has 3 aromatic heterocycles. The number of fused-ring (bicyclic) bond motifs is 1. The van der Waals surface area contributed by atoms with Gasteiger partial charge in [-0.2, -0.15) is 14.9 Å². The van der Waals surface area contributed by atoms with Crippen LogP contribution < -0.4 is 10.6 Å². The lowest BCUT2D eigenvalue weighted by Gasteiger charge is -2.35. The molecule has 150 valence electrons. The van der Waals surface area contributed by atoms with Crippen molar-refractivity contribution in [2.45, 2.75) is 24.8 Å². The Morgan fingerprint density at radius 3 is 2.70 bits per heavy atom. The van der Waals surface area contributed by atoms with Crippen LogP contribution in [0.2, 0.25) is 0 Å². The molecule has 0 atom stereocenters. The lowest BCUT2D eigenvalue weighted by Crippen LogP contribution is -2.44. The fraction of sp³-hybridized carbons (Fsp3) is 0.211. The van der Waals surface area contributed by atoms with Crippen LogP contribution in [0.1, 0.15) is 18.4 Å². The van der Waals surface area contributed by atoms with Crippen molar-refractivity contribution in [1.29, 1.82) is 5.26 Å². The van der Waals surface area contributed by atoms with Gasteiger partial charge < -0.3 is 10.6 Å². The molecule has 0 radical (unpaired) electrons. The molecule has 1 fully saturated rings. The van der Waals surface area contributed by atoms with Crippen molar-refractivity contribution >= 4 is 23.0 Å². The van der Waals surface area contributed by atoms with Gasteiger partial charge in [-0.3, -0.25) is 4.57 Å². The van der Waals surface area contributed by atoms with Crippen molar-refractivity contribution in [3.8, 4) is 11.8 Å². The Hall–Kier alpha value is -4.07. The Labute approximate surface area is 169 Å². The summed E-state index contributed by atoms with van der Waals surface area (Å²) in [6, 6.07) is 10.9. The second-order valence-corrected chi connectivity index (χ2v) is 7.08. The third kappa shape index (κ3) is 3.28. The normalized spacial score (nSPS) is 15.5. The van der Waals surface area contributed by atoms with Gasteiger partial charge in [-0.05, 0) is 18.2 Å². The highest BCUT2D eigenvalue weighted by atomic mass is 19.3. The van der Waals surface area contributed by atoms with Crippen molar-refractivity contribution in [2.24, 2.45) is 0 Å². The highest BCUT2D eigenvalue weighted by Gasteiger charge is 2.45. The molecular formula is C19H15F2N9. The molecule has 1 aliphatic carbocycles. The smallest absolute Gasteiger partial charge is 0.252 e. The number of rotatable bonds is 5. The minimum absolute atomic E-state index is 0.243. The number of alkyl halides is 2. The first-order chi connectivity index (χ1) is 14.5. The van der Waals surface area contributed by atoms with E-state index < -0.39 is 5.92 Å². The Kier molecular flexibility index (Phi) is 4.06. The van der Waals surface area contributed by atoms with E-state index in [4.69, 9.17) is 0 Å². The highest BCUT2D eigenvalue weighted by molar-refractivity contribution is 5.68. The lowest BCUT2D eigenvalue weighted by molar-refractivity contribution is -0.0794. The van der Waals surface area contributed by atoms with E-state index in [1.807, 2.05) is 24.3 Å². The molecule has 1 aromatic carbocycles. The van der Waals surface area contributed by atoms with Crippen molar-refractivity contribution in [3.05, 3.63) is 54.7 Å². The fourth-order valence-electron chi connectivity index (χ4n) is 3.41. The number of hydrogen-bond donors (Lipinski definition) is 2. The summed E-state index contributed by atoms with van der Waals surface area (Å²) in [6.45, 7) is 0. The number of nitriles is 1. The summed E-state index contributed by atoms with van der Waals surface area (Å²) in [4.78, 5) is 4.48. The summed E-state index contributed by atoms with van der Waals surface area (Å²) >= 11 is 0. The molecular weight excluding hydrogens is 392 g/mol. The van der Waals surface area contributed by atoms with Gasteiger partial charge in [0.25, 0.3) is 5.92 Å². The van der Waals surface area contributed by atoms with Crippen LogP contribution in [-0.4, -0.2) is 41.3 Å². The molecule has 0 aliphatic heterocycles. The first-order valence-corrected chi connectivity index (χ1v) is 9.16. The minimum Gasteiger partial charge on any atom is -0.367 e. The third-order valence-corrected chi connectivity index (χ3v) is 4.87. The standard InChI is InChI=1S/C19H15F2N9/c20-19(21)6-14(7-19)27-17-5-16(28-18-12(8-22)9-25-30(17)18)26-13-2-1-3-15(4-13)29-10-23-24-11-29/h1-5,9-11,14,27H,6-7H2,(H,26,28). The number of anilines is 3. The van der Waals surface area contributed by atoms with Gasteiger partial charge in [-0.25, -0.2) is 13.8 Å². The topological polar surface area (TPSA) is 109 Å². The van der Waals surface area contributed by atoms with Crippen LogP contribution in [-0.2, 0) is 0 Å². The molecule has 0 saturated heterocycles. The Bertz CT molecular complexity index is 1250. The second-order valence-electron chi connectivity index (χ2n) is 7.08. The summed E-state index contributed by atoms with van der Waals surface area (Å²) < 4.78 is 29.7. The summed E-state index contributed by atoms with van der Waals surface area (Å²) in [5, 5.41) is 27.4. The van der Waals surface area contributed by atoms with Crippen LogP contribution in [0.5, 0.6) is 0 Å². The van der Waals surface area contributed by atoms with E-state index in [1.165, 1.54) is 10.7 Å². The van der Waals surface area contributed by atoms with Crippen LogP contribution in [0, 0.1) is 11.3 Å². The van der Waals surface area contributed by atoms with E-state index in [0.717, 1.165) is 11.4 Å². The zero-order valence-corrected chi connectivity index (χ0v) is 15.5. The van der Waals surface area contributed by atoms with E-state index >= 15 is 0 Å². The first-order valence-electron chi connectivity index (χ1n) is 9.16. The maximum Gasteiger partial charge on any atom is 0.252 e. The van der Waals surface area contributed by atoms with E-state index in [1.54, 1.807) is 23.3 Å². The third-order valence-electron chi connectivity index (χ3n) is 4.87. The zero-order valence-electron chi connectivity index (χ0n) is 15.5. The monoisotopic (exact) mass is 407 g/mol. The molecule has 5 rings (SSSR count). The molecule has 1 aliphatic rings. The quantitative estimate of drug-likeness (QED) is 0.523. The van der Waals surface area contributed by atoms with E-state index in [2.05, 4.69) is 37.0 Å². The Morgan fingerprint density at radius 2 is 1.97 bits per heavy atom. The summed E-state index contributed by atoms with van der Waals surface area (Å²) in [5.41, 5.74) is 2.23. The van der Waals surface area contributed by atoms with Gasteiger partial charge in [-0.15, -0.1) is 10.2 Å². The van der Waals surface area contributed by atoms with Crippen LogP contribution >= 0.6 is 0 Å². The maximum atomic E-state index is 13.2. The molecule has 2 N–H and O–H groups in total. The van der Waals surface area contributed by atoms with Crippen molar-refractivity contribution in [3.63, 3.8) is 0 Å². The SMILES string of the molecule is N#Cc1cnn2c(NC3CC(F)(F)C3)cc(Nc3cccc(-n4cnnc4)c3)nc12. The maximum absolute atomic E-state index is 13.2. The van der Waals surface area contributed by atoms with E-state index in [9.17, 15) is 14.0 Å². The number of benzene rings is 1. The number of halogens is 2. The minimum atomic E-state index is -2.64. The van der Waals surface area contributed by atoms with Crippen molar-refractivity contribution in [2.75, 3.05) is 10.6 Å². The highest BCUT2D eigenvalue weighted by Crippen LogP contribution is 2.39. The van der Waals surface area contributed by atoms with Gasteiger partial charge in [0.15, 0.2) is 5.65 Å². The Morgan fingerprint density at radius 1 is 1.17 bits per heavy atom. The zero-order chi connectivity index (χ0) is 20.7. The molecule has 9 nitrogen and oxygen atoms in total. The van der Waals surface area contributed by atoms with Gasteiger partial charge in [-0.1, -0.05) is 6.07 Å². The Balaban J connectivity index is 1.48. The van der Waals surface area contributed by atoms with E-state index in [0.29, 0.717) is 22.8 Å². The van der Waals surface area contributed by atoms with Crippen LogP contribution in [0.3, 0.4) is 0 Å². The van der Waals surface area contributed by atoms with E-state index in [-0.39, 0.29) is 18.9 Å². The molecule has 3 heterocycles. The van der Waals surface area contributed by atoms with Gasteiger partial charge in [0.1, 0.15) is 35.9 Å². The number of nitrogens with one attached hydrogen (secondary N) is 2. The summed E-state index contributed by atoms with van der Waals surface area (Å²) in [5.74, 6) is -1.71. The van der Waals surface area contributed by atoms with Gasteiger partial charge in [0.2, 0.25) is 0 Å². The van der Waals surface area contributed by atoms with Crippen LogP contribution in [0.25, 0.3) is 11.3 Å². The molecule has 30 heavy (non-hydrogen) atoms. The predicted octanol–water partition coefficient (Wildman–Crippen LogP) is 3.13. The van der Waals surface area contributed by atoms with Crippen molar-refractivity contribution < 1.29 is 8.78 Å². The summed E-state index contributed by atoms with van der Waals surface area (Å²) in [7, 11) is 0. The van der Waals surface area contributed by atoms with Gasteiger partial charge >= 0.3 is 0 Å². The second kappa shape index (κ2) is 6.77. The average molecular weight is 407 g/mol. The number of aromatic nitrogens is 6. The molecule has 0 unspecified atom stereocenters. The molecule has 11 heteroatoms. The predicted molar refractivity (Wildman–Crippen MR) is 104 cm³/mol. The lowest BCUT2D eigenvalue weighted by atomic mass is 9.88. The fourth-order valence-corrected chi connectivity index (χ4v) is 3.41. The van der Waals surface area contributed by atoms with Crippen LogP contribution in [0.15, 0.2) is 49.2 Å². The first kappa shape index (κ1) is 18.0. The molecule has 1 saturated carbocycles. The van der Waals surface area contributed by atoms with Crippen molar-refractivity contribution in [1.82, 2.24) is 29.4 Å². The molecule has 4 aromatic rings. The van der Waals surface area contributed by atoms with Crippen LogP contribution in [0.4, 0.5) is 26.1 Å². The summed E-state index contributed by atoms with van der Waals surface area (Å²) in [6.07, 6.45) is 4.09. The number of hydrogen-bond acceptors (Lipinski definition) is 7. The molecule has 0 bridgehead atoms. The molecule has 0 spiro atoms. The average Bonchev–Trinajstić information content (AvgIpc) is 3.37. The van der Waals surface area contributed by atoms with Gasteiger partial charge in [0.05, 0.1) is 11.9 Å².